The first-order valence-electron chi connectivity index (χ1n) is 9.00. The van der Waals surface area contributed by atoms with Gasteiger partial charge in [0.2, 0.25) is 0 Å². The van der Waals surface area contributed by atoms with E-state index in [1.807, 2.05) is 0 Å². The topological polar surface area (TPSA) is 103 Å². The highest BCUT2D eigenvalue weighted by molar-refractivity contribution is 5.74. The second-order valence-corrected chi connectivity index (χ2v) is 7.28. The van der Waals surface area contributed by atoms with Gasteiger partial charge in [-0.15, -0.1) is 0 Å². The minimum absolute atomic E-state index is 0.103. The van der Waals surface area contributed by atoms with E-state index in [2.05, 4.69) is 47.4 Å². The molecule has 0 spiro atoms. The first-order chi connectivity index (χ1) is 11.0. The molecule has 2 fully saturated rings. The highest BCUT2D eigenvalue weighted by Crippen LogP contribution is 2.29. The van der Waals surface area contributed by atoms with E-state index in [0.717, 1.165) is 31.7 Å². The van der Waals surface area contributed by atoms with Crippen molar-refractivity contribution in [2.45, 2.75) is 71.0 Å². The number of nitrogens with one attached hydrogen (secondary N) is 5. The first kappa shape index (κ1) is 18.4. The molecule has 2 aliphatic rings. The average molecular weight is 326 g/mol. The fourth-order valence-corrected chi connectivity index (χ4v) is 3.54. The molecule has 134 valence electrons. The minimum Gasteiger partial charge on any atom is -0.335 e. The molecule has 2 amide bonds. The van der Waals surface area contributed by atoms with Gasteiger partial charge in [-0.1, -0.05) is 13.8 Å². The molecule has 0 aromatic heterocycles. The minimum atomic E-state index is -0.228. The summed E-state index contributed by atoms with van der Waals surface area (Å²) < 4.78 is 0. The number of hydrogen-bond donors (Lipinski definition) is 6. The van der Waals surface area contributed by atoms with Crippen molar-refractivity contribution in [3.05, 3.63) is 0 Å². The summed E-state index contributed by atoms with van der Waals surface area (Å²) in [4.78, 5) is 12.3. The molecule has 1 aliphatic heterocycles. The molecule has 1 saturated heterocycles. The maximum absolute atomic E-state index is 12.3. The Kier molecular flexibility index (Phi) is 7.08. The Morgan fingerprint density at radius 2 is 1.87 bits per heavy atom. The number of rotatable bonds is 5. The van der Waals surface area contributed by atoms with E-state index in [0.29, 0.717) is 18.5 Å². The van der Waals surface area contributed by atoms with E-state index < -0.39 is 0 Å². The fourth-order valence-electron chi connectivity index (χ4n) is 3.54. The van der Waals surface area contributed by atoms with Gasteiger partial charge in [0, 0.05) is 25.2 Å². The third kappa shape index (κ3) is 5.91. The standard InChI is InChI=1S/C16H34N6O/c1-10-4-5-13(8-11(10)2)20-16(23)22-15-19-12(3)9-14(21-15)18-7-6-17/h10-15,18-19,21H,4-9,17H2,1-3H3,(H2,20,22,23). The number of hydrogen-bond acceptors (Lipinski definition) is 5. The molecule has 1 saturated carbocycles. The summed E-state index contributed by atoms with van der Waals surface area (Å²) in [5, 5.41) is 16.2. The Morgan fingerprint density at radius 1 is 1.09 bits per heavy atom. The van der Waals surface area contributed by atoms with Crippen LogP contribution in [0.1, 0.15) is 46.5 Å². The van der Waals surface area contributed by atoms with E-state index in [1.54, 1.807) is 0 Å². The molecule has 2 rings (SSSR count). The van der Waals surface area contributed by atoms with Crippen LogP contribution in [0.3, 0.4) is 0 Å². The number of carbonyl (C=O) groups is 1. The van der Waals surface area contributed by atoms with Gasteiger partial charge in [0.05, 0.1) is 6.17 Å². The predicted octanol–water partition coefficient (Wildman–Crippen LogP) is 0.240. The summed E-state index contributed by atoms with van der Waals surface area (Å²) >= 11 is 0. The van der Waals surface area contributed by atoms with Crippen LogP contribution < -0.4 is 32.3 Å². The molecular formula is C16H34N6O. The van der Waals surface area contributed by atoms with Gasteiger partial charge in [-0.3, -0.25) is 10.6 Å². The van der Waals surface area contributed by atoms with Crippen molar-refractivity contribution >= 4 is 6.03 Å². The summed E-state index contributed by atoms with van der Waals surface area (Å²) in [5.41, 5.74) is 5.54. The van der Waals surface area contributed by atoms with Crippen LogP contribution in [0.4, 0.5) is 4.79 Å². The highest BCUT2D eigenvalue weighted by Gasteiger charge is 2.28. The van der Waals surface area contributed by atoms with Crippen LogP contribution in [0.5, 0.6) is 0 Å². The van der Waals surface area contributed by atoms with Gasteiger partial charge >= 0.3 is 6.03 Å². The van der Waals surface area contributed by atoms with Crippen LogP contribution in [0.15, 0.2) is 0 Å². The van der Waals surface area contributed by atoms with Gasteiger partial charge in [-0.05, 0) is 44.4 Å². The zero-order chi connectivity index (χ0) is 16.8. The molecule has 0 aromatic rings. The molecule has 7 nitrogen and oxygen atoms in total. The Balaban J connectivity index is 1.75. The Labute approximate surface area is 139 Å². The smallest absolute Gasteiger partial charge is 0.317 e. The lowest BCUT2D eigenvalue weighted by atomic mass is 9.79. The lowest BCUT2D eigenvalue weighted by Crippen LogP contribution is -2.68. The quantitative estimate of drug-likeness (QED) is 0.434. The van der Waals surface area contributed by atoms with Gasteiger partial charge in [-0.25, -0.2) is 4.79 Å². The van der Waals surface area contributed by atoms with E-state index in [9.17, 15) is 4.79 Å². The lowest BCUT2D eigenvalue weighted by Gasteiger charge is -2.37. The Hall–Kier alpha value is -0.890. The van der Waals surface area contributed by atoms with Gasteiger partial charge < -0.3 is 21.7 Å². The van der Waals surface area contributed by atoms with Crippen LogP contribution in [0, 0.1) is 11.8 Å². The van der Waals surface area contributed by atoms with Gasteiger partial charge in [0.25, 0.3) is 0 Å². The van der Waals surface area contributed by atoms with Crippen molar-refractivity contribution < 1.29 is 4.79 Å². The van der Waals surface area contributed by atoms with E-state index in [1.165, 1.54) is 6.42 Å². The molecule has 6 atom stereocenters. The van der Waals surface area contributed by atoms with Gasteiger partial charge in [0.1, 0.15) is 6.29 Å². The summed E-state index contributed by atoms with van der Waals surface area (Å²) in [6.07, 6.45) is 4.22. The van der Waals surface area contributed by atoms with Crippen molar-refractivity contribution in [2.24, 2.45) is 17.6 Å². The third-order valence-corrected chi connectivity index (χ3v) is 5.15. The largest absolute Gasteiger partial charge is 0.335 e. The van der Waals surface area contributed by atoms with E-state index >= 15 is 0 Å². The molecule has 6 unspecified atom stereocenters. The van der Waals surface area contributed by atoms with Crippen molar-refractivity contribution in [3.8, 4) is 0 Å². The summed E-state index contributed by atoms with van der Waals surface area (Å²) in [6.45, 7) is 8.07. The fraction of sp³-hybridized carbons (Fsp3) is 0.938. The van der Waals surface area contributed by atoms with Crippen LogP contribution in [0.25, 0.3) is 0 Å². The van der Waals surface area contributed by atoms with Crippen molar-refractivity contribution in [3.63, 3.8) is 0 Å². The second-order valence-electron chi connectivity index (χ2n) is 7.28. The molecule has 1 heterocycles. The zero-order valence-corrected chi connectivity index (χ0v) is 14.7. The predicted molar refractivity (Wildman–Crippen MR) is 92.6 cm³/mol. The Bertz CT molecular complexity index is 380. The maximum Gasteiger partial charge on any atom is 0.317 e. The molecule has 0 bridgehead atoms. The molecule has 0 radical (unpaired) electrons. The first-order valence-corrected chi connectivity index (χ1v) is 9.00. The highest BCUT2D eigenvalue weighted by atomic mass is 16.2. The van der Waals surface area contributed by atoms with Crippen LogP contribution in [-0.2, 0) is 0 Å². The second kappa shape index (κ2) is 8.82. The maximum atomic E-state index is 12.3. The summed E-state index contributed by atoms with van der Waals surface area (Å²) in [6, 6.07) is 0.509. The summed E-state index contributed by atoms with van der Waals surface area (Å²) in [5.74, 6) is 1.43. The molecule has 7 heteroatoms. The van der Waals surface area contributed by atoms with Crippen molar-refractivity contribution in [1.82, 2.24) is 26.6 Å². The molecule has 23 heavy (non-hydrogen) atoms. The Morgan fingerprint density at radius 3 is 2.57 bits per heavy atom. The number of urea groups is 1. The molecule has 0 aromatic carbocycles. The monoisotopic (exact) mass is 326 g/mol. The third-order valence-electron chi connectivity index (χ3n) is 5.15. The van der Waals surface area contributed by atoms with Gasteiger partial charge in [-0.2, -0.15) is 0 Å². The number of nitrogens with two attached hydrogens (primary N) is 1. The zero-order valence-electron chi connectivity index (χ0n) is 14.7. The molecule has 7 N–H and O–H groups in total. The molecule has 1 aliphatic carbocycles. The normalized spacial score (nSPS) is 38.1. The van der Waals surface area contributed by atoms with Crippen molar-refractivity contribution in [2.75, 3.05) is 13.1 Å². The van der Waals surface area contributed by atoms with Crippen molar-refractivity contribution in [1.29, 1.82) is 0 Å². The number of carbonyl (C=O) groups excluding carboxylic acids is 1. The lowest BCUT2D eigenvalue weighted by molar-refractivity contribution is 0.179. The van der Waals surface area contributed by atoms with Crippen LogP contribution in [0.2, 0.25) is 0 Å². The average Bonchev–Trinajstić information content (AvgIpc) is 2.48. The van der Waals surface area contributed by atoms with Gasteiger partial charge in [0.15, 0.2) is 0 Å². The van der Waals surface area contributed by atoms with E-state index in [-0.39, 0.29) is 24.5 Å². The van der Waals surface area contributed by atoms with Crippen LogP contribution in [-0.4, -0.2) is 43.7 Å². The molecular weight excluding hydrogens is 292 g/mol. The van der Waals surface area contributed by atoms with Crippen LogP contribution >= 0.6 is 0 Å². The SMILES string of the molecule is CC1CC(NCCN)NC(NC(=O)NC2CCC(C)C(C)C2)N1. The number of amides is 2. The van der Waals surface area contributed by atoms with E-state index in [4.69, 9.17) is 5.73 Å². The summed E-state index contributed by atoms with van der Waals surface area (Å²) in [7, 11) is 0.